The first kappa shape index (κ1) is 14.1. The van der Waals surface area contributed by atoms with E-state index in [2.05, 4.69) is 0 Å². The van der Waals surface area contributed by atoms with Gasteiger partial charge in [0.25, 0.3) is 23.6 Å². The van der Waals surface area contributed by atoms with Crippen molar-refractivity contribution in [3.05, 3.63) is 24.3 Å². The van der Waals surface area contributed by atoms with Crippen LogP contribution in [0.2, 0.25) is 0 Å². The molecule has 2 rings (SSSR count). The summed E-state index contributed by atoms with van der Waals surface area (Å²) < 4.78 is 5.32. The Bertz CT molecular complexity index is 445. The Hall–Kier alpha value is -2.28. The van der Waals surface area contributed by atoms with Crippen molar-refractivity contribution < 1.29 is 23.9 Å². The van der Waals surface area contributed by atoms with E-state index in [1.165, 1.54) is 0 Å². The van der Waals surface area contributed by atoms with Gasteiger partial charge in [-0.1, -0.05) is 6.92 Å². The van der Waals surface area contributed by atoms with Gasteiger partial charge in [-0.2, -0.15) is 0 Å². The van der Waals surface area contributed by atoms with Crippen LogP contribution in [0.5, 0.6) is 0 Å². The number of nitrogens with zero attached hydrogens (tertiary/aromatic N) is 2. The van der Waals surface area contributed by atoms with E-state index in [1.54, 1.807) is 0 Å². The Morgan fingerprint density at radius 3 is 1.65 bits per heavy atom. The first-order chi connectivity index (χ1) is 9.56. The number of imide groups is 2. The van der Waals surface area contributed by atoms with Crippen LogP contribution in [0.4, 0.5) is 0 Å². The van der Waals surface area contributed by atoms with E-state index in [0.29, 0.717) is 6.61 Å². The highest BCUT2D eigenvalue weighted by molar-refractivity contribution is 6.16. The number of carbonyl (C=O) groups is 4. The van der Waals surface area contributed by atoms with E-state index >= 15 is 0 Å². The maximum Gasteiger partial charge on any atom is 0.255 e. The SMILES string of the molecule is CCCOCC(N1C(=O)C=CC1=O)N1C(=O)C=CC1=O. The largest absolute Gasteiger partial charge is 0.377 e. The second-order valence-corrected chi connectivity index (χ2v) is 4.32. The van der Waals surface area contributed by atoms with Gasteiger partial charge in [0.1, 0.15) is 6.17 Å². The quantitative estimate of drug-likeness (QED) is 0.487. The minimum absolute atomic E-state index is 0.0911. The molecule has 0 aromatic carbocycles. The van der Waals surface area contributed by atoms with Crippen LogP contribution < -0.4 is 0 Å². The molecular weight excluding hydrogens is 264 g/mol. The van der Waals surface area contributed by atoms with E-state index in [1.807, 2.05) is 6.92 Å². The molecule has 20 heavy (non-hydrogen) atoms. The third-order valence-electron chi connectivity index (χ3n) is 2.90. The van der Waals surface area contributed by atoms with Gasteiger partial charge in [-0.05, 0) is 6.42 Å². The predicted octanol–water partition coefficient (Wildman–Crippen LogP) is -0.411. The highest BCUT2D eigenvalue weighted by Crippen LogP contribution is 2.18. The van der Waals surface area contributed by atoms with E-state index in [4.69, 9.17) is 4.74 Å². The lowest BCUT2D eigenvalue weighted by atomic mass is 10.3. The summed E-state index contributed by atoms with van der Waals surface area (Å²) in [5, 5.41) is 0. The molecule has 2 aliphatic rings. The lowest BCUT2D eigenvalue weighted by Crippen LogP contribution is -2.55. The lowest BCUT2D eigenvalue weighted by molar-refractivity contribution is -0.155. The van der Waals surface area contributed by atoms with Gasteiger partial charge < -0.3 is 4.74 Å². The van der Waals surface area contributed by atoms with Crippen LogP contribution in [0.15, 0.2) is 24.3 Å². The highest BCUT2D eigenvalue weighted by Gasteiger charge is 2.40. The summed E-state index contributed by atoms with van der Waals surface area (Å²) in [6.07, 6.45) is 4.11. The fourth-order valence-corrected chi connectivity index (χ4v) is 2.01. The van der Waals surface area contributed by atoms with Crippen molar-refractivity contribution in [1.29, 1.82) is 0 Å². The second-order valence-electron chi connectivity index (χ2n) is 4.32. The molecular formula is C13H14N2O5. The van der Waals surface area contributed by atoms with Gasteiger partial charge in [-0.3, -0.25) is 29.0 Å². The van der Waals surface area contributed by atoms with Gasteiger partial charge >= 0.3 is 0 Å². The monoisotopic (exact) mass is 278 g/mol. The van der Waals surface area contributed by atoms with Gasteiger partial charge in [0.15, 0.2) is 0 Å². The van der Waals surface area contributed by atoms with Crippen molar-refractivity contribution in [2.24, 2.45) is 0 Å². The summed E-state index contributed by atoms with van der Waals surface area (Å²) in [5.74, 6) is -2.25. The molecule has 0 unspecified atom stereocenters. The Morgan fingerprint density at radius 2 is 1.30 bits per heavy atom. The zero-order chi connectivity index (χ0) is 14.7. The van der Waals surface area contributed by atoms with Crippen molar-refractivity contribution >= 4 is 23.6 Å². The lowest BCUT2D eigenvalue weighted by Gasteiger charge is -2.32. The molecule has 0 aromatic rings. The summed E-state index contributed by atoms with van der Waals surface area (Å²) >= 11 is 0. The zero-order valence-corrected chi connectivity index (χ0v) is 10.9. The van der Waals surface area contributed by atoms with E-state index in [-0.39, 0.29) is 6.61 Å². The van der Waals surface area contributed by atoms with Crippen molar-refractivity contribution in [2.45, 2.75) is 19.5 Å². The van der Waals surface area contributed by atoms with Crippen molar-refractivity contribution in [3.63, 3.8) is 0 Å². The molecule has 7 nitrogen and oxygen atoms in total. The molecule has 0 saturated heterocycles. The number of ether oxygens (including phenoxy) is 1. The number of carbonyl (C=O) groups excluding carboxylic acids is 4. The highest BCUT2D eigenvalue weighted by atomic mass is 16.5. The Labute approximate surface area is 115 Å². The van der Waals surface area contributed by atoms with Crippen molar-refractivity contribution in [1.82, 2.24) is 9.80 Å². The molecule has 2 heterocycles. The Morgan fingerprint density at radius 1 is 0.900 bits per heavy atom. The van der Waals surface area contributed by atoms with Gasteiger partial charge in [0.05, 0.1) is 6.61 Å². The predicted molar refractivity (Wildman–Crippen MR) is 66.9 cm³/mol. The zero-order valence-electron chi connectivity index (χ0n) is 10.9. The van der Waals surface area contributed by atoms with Gasteiger partial charge in [0, 0.05) is 30.9 Å². The summed E-state index contributed by atoms with van der Waals surface area (Å²) in [5.41, 5.74) is 0. The van der Waals surface area contributed by atoms with Crippen molar-refractivity contribution in [2.75, 3.05) is 13.2 Å². The topological polar surface area (TPSA) is 84.0 Å². The normalized spacial score (nSPS) is 18.3. The average molecular weight is 278 g/mol. The van der Waals surface area contributed by atoms with Crippen LogP contribution in [0.3, 0.4) is 0 Å². The van der Waals surface area contributed by atoms with Crippen LogP contribution in [-0.4, -0.2) is 52.8 Å². The summed E-state index contributed by atoms with van der Waals surface area (Å²) in [7, 11) is 0. The Kier molecular flexibility index (Phi) is 4.09. The fraction of sp³-hybridized carbons (Fsp3) is 0.385. The summed E-state index contributed by atoms with van der Waals surface area (Å²) in [6, 6.07) is 0. The maximum absolute atomic E-state index is 11.7. The molecule has 0 aliphatic carbocycles. The van der Waals surface area contributed by atoms with Gasteiger partial charge in [0.2, 0.25) is 0 Å². The average Bonchev–Trinajstić information content (AvgIpc) is 2.91. The molecule has 106 valence electrons. The number of hydrogen-bond acceptors (Lipinski definition) is 5. The summed E-state index contributed by atoms with van der Waals surface area (Å²) in [6.45, 7) is 2.21. The first-order valence-electron chi connectivity index (χ1n) is 6.24. The standard InChI is InChI=1S/C13H14N2O5/c1-2-7-20-8-9(14-10(16)3-4-11(14)17)15-12(18)5-6-13(15)19/h3-6,9H,2,7-8H2,1H3. The van der Waals surface area contributed by atoms with Gasteiger partial charge in [-0.25, -0.2) is 0 Å². The van der Waals surface area contributed by atoms with Crippen molar-refractivity contribution in [3.8, 4) is 0 Å². The maximum atomic E-state index is 11.7. The fourth-order valence-electron chi connectivity index (χ4n) is 2.01. The second kappa shape index (κ2) is 5.79. The molecule has 0 radical (unpaired) electrons. The molecule has 4 amide bonds. The van der Waals surface area contributed by atoms with Gasteiger partial charge in [-0.15, -0.1) is 0 Å². The Balaban J connectivity index is 2.21. The van der Waals surface area contributed by atoms with Crippen LogP contribution in [0, 0.1) is 0 Å². The first-order valence-corrected chi connectivity index (χ1v) is 6.24. The van der Waals surface area contributed by atoms with Crippen LogP contribution in [-0.2, 0) is 23.9 Å². The number of hydrogen-bond donors (Lipinski definition) is 0. The molecule has 0 saturated carbocycles. The molecule has 0 atom stereocenters. The van der Waals surface area contributed by atoms with E-state index < -0.39 is 29.8 Å². The minimum atomic E-state index is -1.05. The van der Waals surface area contributed by atoms with E-state index in [0.717, 1.165) is 40.5 Å². The third kappa shape index (κ3) is 2.53. The number of amides is 4. The van der Waals surface area contributed by atoms with E-state index in [9.17, 15) is 19.2 Å². The third-order valence-corrected chi connectivity index (χ3v) is 2.90. The molecule has 2 aliphatic heterocycles. The van der Waals surface area contributed by atoms with Crippen LogP contribution in [0.1, 0.15) is 13.3 Å². The molecule has 0 aromatic heterocycles. The van der Waals surface area contributed by atoms with Crippen LogP contribution >= 0.6 is 0 Å². The molecule has 0 spiro atoms. The van der Waals surface area contributed by atoms with Crippen LogP contribution in [0.25, 0.3) is 0 Å². The molecule has 0 fully saturated rings. The molecule has 0 bridgehead atoms. The molecule has 7 heteroatoms. The summed E-state index contributed by atoms with van der Waals surface area (Å²) in [4.78, 5) is 48.6. The minimum Gasteiger partial charge on any atom is -0.377 e. The number of rotatable bonds is 6. The molecule has 0 N–H and O–H groups in total. The smallest absolute Gasteiger partial charge is 0.255 e.